The number of aliphatic carboxylic acids is 1. The van der Waals surface area contributed by atoms with Crippen molar-refractivity contribution < 1.29 is 24.2 Å². The maximum absolute atomic E-state index is 13.7. The molecule has 0 bridgehead atoms. The van der Waals surface area contributed by atoms with Gasteiger partial charge >= 0.3 is 5.97 Å². The maximum atomic E-state index is 13.7. The first kappa shape index (κ1) is 22.8. The zero-order chi connectivity index (χ0) is 23.8. The number of hydrogen-bond donors (Lipinski definition) is 2. The molecule has 2 aromatic carbocycles. The van der Waals surface area contributed by atoms with E-state index >= 15 is 0 Å². The average Bonchev–Trinajstić information content (AvgIpc) is 3.25. The number of thiazole rings is 1. The molecule has 2 fully saturated rings. The summed E-state index contributed by atoms with van der Waals surface area (Å²) in [5, 5.41) is 20.3. The van der Waals surface area contributed by atoms with Crippen molar-refractivity contribution >= 4 is 33.4 Å². The fourth-order valence-electron chi connectivity index (χ4n) is 5.69. The van der Waals surface area contributed by atoms with Crippen molar-refractivity contribution in [3.8, 4) is 5.75 Å². The molecule has 2 aliphatic rings. The number of amides is 1. The third-order valence-corrected chi connectivity index (χ3v) is 8.50. The first-order valence-corrected chi connectivity index (χ1v) is 12.6. The summed E-state index contributed by atoms with van der Waals surface area (Å²) in [6.07, 6.45) is 4.34. The highest BCUT2D eigenvalue weighted by Crippen LogP contribution is 2.41. The minimum absolute atomic E-state index is 0.00125. The fraction of sp³-hybridized carbons (Fsp3) is 0.423. The van der Waals surface area contributed by atoms with Gasteiger partial charge < -0.3 is 15.1 Å². The molecule has 178 valence electrons. The van der Waals surface area contributed by atoms with Crippen LogP contribution in [0.25, 0.3) is 10.2 Å². The zero-order valence-electron chi connectivity index (χ0n) is 18.7. The van der Waals surface area contributed by atoms with Gasteiger partial charge in [0.15, 0.2) is 0 Å². The number of carbonyl (C=O) groups is 2. The Hall–Kier alpha value is -3.00. The second-order valence-corrected chi connectivity index (χ2v) is 10.4. The molecule has 1 amide bonds. The summed E-state index contributed by atoms with van der Waals surface area (Å²) in [7, 11) is 0. The molecule has 0 radical (unpaired) electrons. The van der Waals surface area contributed by atoms with E-state index in [0.29, 0.717) is 18.5 Å². The van der Waals surface area contributed by atoms with Gasteiger partial charge in [-0.15, -0.1) is 11.3 Å². The first-order chi connectivity index (χ1) is 16.4. The standard InChI is InChI=1S/C26H27FN2O4S/c27-16-7-5-15(6-8-16)20(25-28-21-13-17(30)9-10-23(21)34-25)14-24(31)29-12-11-19(26(32)33)18-3-1-2-4-22(18)29/h5-10,13,18-20,22,30H,1-4,11-12,14H2,(H,32,33). The molecule has 1 aliphatic carbocycles. The number of carboxylic acids is 1. The number of likely N-dealkylation sites (tertiary alicyclic amines) is 1. The van der Waals surface area contributed by atoms with Gasteiger partial charge in [0.1, 0.15) is 16.6 Å². The zero-order valence-corrected chi connectivity index (χ0v) is 19.5. The van der Waals surface area contributed by atoms with Crippen molar-refractivity contribution in [1.29, 1.82) is 0 Å². The average molecular weight is 483 g/mol. The summed E-state index contributed by atoms with van der Waals surface area (Å²) in [5.74, 6) is -1.74. The number of benzene rings is 2. The molecule has 4 atom stereocenters. The molecule has 8 heteroatoms. The van der Waals surface area contributed by atoms with Crippen LogP contribution in [-0.2, 0) is 9.59 Å². The Kier molecular flexibility index (Phi) is 6.25. The lowest BCUT2D eigenvalue weighted by atomic mass is 9.71. The number of phenolic OH excluding ortho intramolecular Hbond substituents is 1. The van der Waals surface area contributed by atoms with Gasteiger partial charge in [-0.25, -0.2) is 9.37 Å². The van der Waals surface area contributed by atoms with Crippen molar-refractivity contribution in [3.05, 3.63) is 58.9 Å². The smallest absolute Gasteiger partial charge is 0.306 e. The summed E-state index contributed by atoms with van der Waals surface area (Å²) in [5.41, 5.74) is 1.47. The first-order valence-electron chi connectivity index (χ1n) is 11.8. The van der Waals surface area contributed by atoms with Crippen LogP contribution >= 0.6 is 11.3 Å². The molecule has 2 heterocycles. The Morgan fingerprint density at radius 1 is 1.12 bits per heavy atom. The molecule has 1 aliphatic heterocycles. The van der Waals surface area contributed by atoms with E-state index in [9.17, 15) is 24.2 Å². The summed E-state index contributed by atoms with van der Waals surface area (Å²) < 4.78 is 14.5. The largest absolute Gasteiger partial charge is 0.508 e. The van der Waals surface area contributed by atoms with Crippen LogP contribution in [0.4, 0.5) is 4.39 Å². The fourth-order valence-corrected chi connectivity index (χ4v) is 6.76. The predicted molar refractivity (Wildman–Crippen MR) is 127 cm³/mol. The number of fused-ring (bicyclic) bond motifs is 2. The predicted octanol–water partition coefficient (Wildman–Crippen LogP) is 5.15. The Balaban J connectivity index is 1.45. The number of phenols is 1. The monoisotopic (exact) mass is 482 g/mol. The number of piperidine rings is 1. The quantitative estimate of drug-likeness (QED) is 0.525. The van der Waals surface area contributed by atoms with Crippen molar-refractivity contribution in [3.63, 3.8) is 0 Å². The molecule has 34 heavy (non-hydrogen) atoms. The highest BCUT2D eigenvalue weighted by atomic mass is 32.1. The number of halogens is 1. The molecule has 0 spiro atoms. The maximum Gasteiger partial charge on any atom is 0.306 e. The van der Waals surface area contributed by atoms with Gasteiger partial charge in [0.2, 0.25) is 5.91 Å². The van der Waals surface area contributed by atoms with Crippen molar-refractivity contribution in [2.45, 2.75) is 50.5 Å². The molecular weight excluding hydrogens is 455 g/mol. The van der Waals surface area contributed by atoms with Crippen LogP contribution in [0, 0.1) is 17.7 Å². The van der Waals surface area contributed by atoms with Crippen LogP contribution in [0.3, 0.4) is 0 Å². The summed E-state index contributed by atoms with van der Waals surface area (Å²) >= 11 is 1.46. The molecule has 6 nitrogen and oxygen atoms in total. The lowest BCUT2D eigenvalue weighted by Crippen LogP contribution is -2.54. The van der Waals surface area contributed by atoms with Crippen LogP contribution in [0.5, 0.6) is 5.75 Å². The van der Waals surface area contributed by atoms with E-state index < -0.39 is 5.97 Å². The van der Waals surface area contributed by atoms with Gasteiger partial charge in [-0.1, -0.05) is 25.0 Å². The minimum atomic E-state index is -0.758. The molecule has 1 saturated heterocycles. The van der Waals surface area contributed by atoms with E-state index in [1.165, 1.54) is 23.5 Å². The summed E-state index contributed by atoms with van der Waals surface area (Å²) in [6, 6.07) is 11.1. The Labute approximate surface area is 201 Å². The van der Waals surface area contributed by atoms with Crippen LogP contribution in [-0.4, -0.2) is 44.6 Å². The third-order valence-electron chi connectivity index (χ3n) is 7.35. The SMILES string of the molecule is O=C(O)C1CCN(C(=O)CC(c2ccc(F)cc2)c2nc3cc(O)ccc3s2)C2CCCCC12. The molecule has 5 rings (SSSR count). The van der Waals surface area contributed by atoms with Crippen LogP contribution in [0.1, 0.15) is 55.0 Å². The van der Waals surface area contributed by atoms with Gasteiger partial charge in [0.05, 0.1) is 16.1 Å². The molecule has 3 aromatic rings. The van der Waals surface area contributed by atoms with Gasteiger partial charge in [-0.05, 0) is 55.0 Å². The van der Waals surface area contributed by atoms with Gasteiger partial charge in [0.25, 0.3) is 0 Å². The topological polar surface area (TPSA) is 90.7 Å². The molecule has 1 aromatic heterocycles. The highest BCUT2D eigenvalue weighted by Gasteiger charge is 2.44. The lowest BCUT2D eigenvalue weighted by Gasteiger charge is -2.47. The lowest BCUT2D eigenvalue weighted by molar-refractivity contribution is -0.153. The van der Waals surface area contributed by atoms with Crippen molar-refractivity contribution in [2.24, 2.45) is 11.8 Å². The van der Waals surface area contributed by atoms with Gasteiger partial charge in [-0.2, -0.15) is 0 Å². The molecule has 2 N–H and O–H groups in total. The number of carbonyl (C=O) groups excluding carboxylic acids is 1. The van der Waals surface area contributed by atoms with Crippen molar-refractivity contribution in [2.75, 3.05) is 6.54 Å². The Morgan fingerprint density at radius 3 is 2.65 bits per heavy atom. The number of rotatable bonds is 5. The van der Waals surface area contributed by atoms with Crippen LogP contribution in [0.15, 0.2) is 42.5 Å². The van der Waals surface area contributed by atoms with E-state index in [4.69, 9.17) is 4.98 Å². The Morgan fingerprint density at radius 2 is 1.88 bits per heavy atom. The van der Waals surface area contributed by atoms with Gasteiger partial charge in [0, 0.05) is 31.0 Å². The minimum Gasteiger partial charge on any atom is -0.508 e. The molecular formula is C26H27FN2O4S. The second kappa shape index (κ2) is 9.33. The third kappa shape index (κ3) is 4.39. The second-order valence-electron chi connectivity index (χ2n) is 9.35. The van der Waals surface area contributed by atoms with E-state index in [-0.39, 0.29) is 47.7 Å². The van der Waals surface area contributed by atoms with Crippen LogP contribution < -0.4 is 0 Å². The van der Waals surface area contributed by atoms with E-state index in [1.807, 2.05) is 4.90 Å². The molecule has 4 unspecified atom stereocenters. The summed E-state index contributed by atoms with van der Waals surface area (Å²) in [4.78, 5) is 32.1. The van der Waals surface area contributed by atoms with E-state index in [2.05, 4.69) is 0 Å². The van der Waals surface area contributed by atoms with E-state index in [0.717, 1.165) is 41.0 Å². The summed E-state index contributed by atoms with van der Waals surface area (Å²) in [6.45, 7) is 0.445. The number of aromatic nitrogens is 1. The van der Waals surface area contributed by atoms with E-state index in [1.54, 1.807) is 30.3 Å². The van der Waals surface area contributed by atoms with Crippen LogP contribution in [0.2, 0.25) is 0 Å². The van der Waals surface area contributed by atoms with Crippen molar-refractivity contribution in [1.82, 2.24) is 9.88 Å². The highest BCUT2D eigenvalue weighted by molar-refractivity contribution is 7.18. The Bertz CT molecular complexity index is 1210. The number of hydrogen-bond acceptors (Lipinski definition) is 5. The number of aromatic hydroxyl groups is 1. The number of carboxylic acid groups (broad SMARTS) is 1. The number of nitrogens with zero attached hydrogens (tertiary/aromatic N) is 2. The molecule has 1 saturated carbocycles. The normalized spacial score (nSPS) is 23.4. The van der Waals surface area contributed by atoms with Gasteiger partial charge in [-0.3, -0.25) is 9.59 Å².